The van der Waals surface area contributed by atoms with Gasteiger partial charge in [-0.3, -0.25) is 9.69 Å². The Morgan fingerprint density at radius 1 is 1.11 bits per heavy atom. The summed E-state index contributed by atoms with van der Waals surface area (Å²) in [5, 5.41) is 0. The molecule has 1 fully saturated rings. The molecule has 1 unspecified atom stereocenters. The van der Waals surface area contributed by atoms with E-state index >= 15 is 0 Å². The van der Waals surface area contributed by atoms with Gasteiger partial charge in [0.15, 0.2) is 0 Å². The van der Waals surface area contributed by atoms with Crippen LogP contribution in [0.5, 0.6) is 0 Å². The molecule has 1 atom stereocenters. The molecule has 1 aromatic carbocycles. The quantitative estimate of drug-likeness (QED) is 0.544. The van der Waals surface area contributed by atoms with Crippen molar-refractivity contribution in [2.75, 3.05) is 18.2 Å². The zero-order valence-corrected chi connectivity index (χ0v) is 18.7. The number of para-hydroxylation sites is 1. The van der Waals surface area contributed by atoms with Crippen LogP contribution in [0.15, 0.2) is 24.3 Å². The molecule has 0 radical (unpaired) electrons. The molecule has 5 nitrogen and oxygen atoms in total. The zero-order chi connectivity index (χ0) is 20.0. The van der Waals surface area contributed by atoms with E-state index in [0.717, 1.165) is 17.3 Å². The molecule has 0 saturated carbocycles. The number of anilines is 1. The van der Waals surface area contributed by atoms with Crippen LogP contribution in [-0.2, 0) is 18.8 Å². The van der Waals surface area contributed by atoms with Gasteiger partial charge >= 0.3 is 7.12 Å². The molecule has 1 amide bonds. The molecule has 2 aliphatic heterocycles. The van der Waals surface area contributed by atoms with E-state index in [1.54, 1.807) is 4.90 Å². The molecule has 2 aliphatic rings. The van der Waals surface area contributed by atoms with Crippen molar-refractivity contribution < 1.29 is 18.8 Å². The minimum absolute atomic E-state index is 0.0114. The first-order chi connectivity index (χ1) is 12.4. The summed E-state index contributed by atoms with van der Waals surface area (Å²) >= 11 is 0. The van der Waals surface area contributed by atoms with Crippen LogP contribution in [0.3, 0.4) is 0 Å². The Balaban J connectivity index is 1.77. The van der Waals surface area contributed by atoms with Crippen molar-refractivity contribution in [3.63, 3.8) is 0 Å². The standard InChI is InChI=1S/C20H32BNO4Si/c1-19(2)20(3,4)26-21(25-19)17-15-10-8-9-11-16(15)22(18(17)23)14-24-12-13-27(5,6)7/h8-11,17H,12-14H2,1-7H3. The Kier molecular flexibility index (Phi) is 5.36. The van der Waals surface area contributed by atoms with Crippen LogP contribution in [0.1, 0.15) is 39.1 Å². The number of rotatable bonds is 6. The lowest BCUT2D eigenvalue weighted by atomic mass is 9.68. The highest BCUT2D eigenvalue weighted by Gasteiger charge is 2.58. The van der Waals surface area contributed by atoms with Crippen LogP contribution >= 0.6 is 0 Å². The van der Waals surface area contributed by atoms with Crippen LogP contribution in [0.2, 0.25) is 25.7 Å². The molecular formula is C20H32BNO4Si. The molecule has 1 saturated heterocycles. The number of amides is 1. The smallest absolute Gasteiger partial charge is 0.402 e. The summed E-state index contributed by atoms with van der Waals surface area (Å²) in [5.74, 6) is -0.467. The molecule has 1 aromatic rings. The van der Waals surface area contributed by atoms with Crippen molar-refractivity contribution in [1.82, 2.24) is 0 Å². The molecule has 0 aromatic heterocycles. The van der Waals surface area contributed by atoms with E-state index in [0.29, 0.717) is 6.61 Å². The third-order valence-corrected chi connectivity index (χ3v) is 7.56. The predicted octanol–water partition coefficient (Wildman–Crippen LogP) is 4.06. The fraction of sp³-hybridized carbons (Fsp3) is 0.650. The molecule has 0 spiro atoms. The SMILES string of the molecule is CC1(C)OB(C2C(=O)N(COCC[Si](C)(C)C)c3ccccc32)OC1(C)C. The van der Waals surface area contributed by atoms with Gasteiger partial charge in [0.2, 0.25) is 5.91 Å². The first-order valence-electron chi connectivity index (χ1n) is 9.77. The van der Waals surface area contributed by atoms with Crippen molar-refractivity contribution >= 4 is 26.8 Å². The Labute approximate surface area is 164 Å². The lowest BCUT2D eigenvalue weighted by Gasteiger charge is -2.32. The van der Waals surface area contributed by atoms with Crippen LogP contribution in [-0.4, -0.2) is 45.6 Å². The fourth-order valence-corrected chi connectivity index (χ4v) is 4.13. The Morgan fingerprint density at radius 2 is 1.70 bits per heavy atom. The van der Waals surface area contributed by atoms with Crippen molar-refractivity contribution in [3.8, 4) is 0 Å². The second-order valence-electron chi connectivity index (χ2n) is 9.78. The van der Waals surface area contributed by atoms with Crippen molar-refractivity contribution in [3.05, 3.63) is 29.8 Å². The van der Waals surface area contributed by atoms with Crippen molar-refractivity contribution in [2.45, 2.75) is 70.4 Å². The van der Waals surface area contributed by atoms with Gasteiger partial charge in [0, 0.05) is 20.4 Å². The lowest BCUT2D eigenvalue weighted by Crippen LogP contribution is -2.41. The first kappa shape index (κ1) is 20.6. The van der Waals surface area contributed by atoms with Gasteiger partial charge in [-0.05, 0) is 45.4 Å². The molecule has 0 bridgehead atoms. The Bertz CT molecular complexity index is 700. The number of carbonyl (C=O) groups excluding carboxylic acids is 1. The Hall–Kier alpha value is -1.15. The Morgan fingerprint density at radius 3 is 2.30 bits per heavy atom. The van der Waals surface area contributed by atoms with Crippen molar-refractivity contribution in [2.24, 2.45) is 0 Å². The monoisotopic (exact) mass is 389 g/mol. The lowest BCUT2D eigenvalue weighted by molar-refractivity contribution is -0.119. The summed E-state index contributed by atoms with van der Waals surface area (Å²) in [6.45, 7) is 16.0. The second-order valence-corrected chi connectivity index (χ2v) is 15.4. The maximum Gasteiger partial charge on any atom is 0.475 e. The molecule has 2 heterocycles. The van der Waals surface area contributed by atoms with E-state index in [1.807, 2.05) is 52.0 Å². The minimum Gasteiger partial charge on any atom is -0.402 e. The molecule has 0 aliphatic carbocycles. The number of carbonyl (C=O) groups is 1. The van der Waals surface area contributed by atoms with Gasteiger partial charge in [-0.1, -0.05) is 37.8 Å². The van der Waals surface area contributed by atoms with Gasteiger partial charge in [0.05, 0.1) is 11.2 Å². The van der Waals surface area contributed by atoms with E-state index < -0.39 is 32.2 Å². The van der Waals surface area contributed by atoms with Crippen molar-refractivity contribution in [1.29, 1.82) is 0 Å². The molecule has 0 N–H and O–H groups in total. The zero-order valence-electron chi connectivity index (χ0n) is 17.7. The minimum atomic E-state index is -1.16. The maximum absolute atomic E-state index is 13.3. The van der Waals surface area contributed by atoms with E-state index in [2.05, 4.69) is 19.6 Å². The third kappa shape index (κ3) is 4.02. The summed E-state index contributed by atoms with van der Waals surface area (Å²) < 4.78 is 18.2. The van der Waals surface area contributed by atoms with E-state index in [-0.39, 0.29) is 12.6 Å². The average Bonchev–Trinajstić information content (AvgIpc) is 2.92. The highest BCUT2D eigenvalue weighted by Crippen LogP contribution is 2.46. The number of benzene rings is 1. The molecule has 27 heavy (non-hydrogen) atoms. The molecular weight excluding hydrogens is 357 g/mol. The number of hydrogen-bond donors (Lipinski definition) is 0. The van der Waals surface area contributed by atoms with Gasteiger partial charge in [-0.15, -0.1) is 0 Å². The van der Waals surface area contributed by atoms with Crippen LogP contribution in [0, 0.1) is 0 Å². The van der Waals surface area contributed by atoms with Gasteiger partial charge < -0.3 is 14.0 Å². The van der Waals surface area contributed by atoms with Crippen LogP contribution in [0.25, 0.3) is 0 Å². The third-order valence-electron chi connectivity index (χ3n) is 5.86. The summed E-state index contributed by atoms with van der Waals surface area (Å²) in [6.07, 6.45) is 0. The maximum atomic E-state index is 13.3. The van der Waals surface area contributed by atoms with E-state index in [4.69, 9.17) is 14.0 Å². The summed E-state index contributed by atoms with van der Waals surface area (Å²) in [4.78, 5) is 15.0. The number of ether oxygens (including phenoxy) is 1. The van der Waals surface area contributed by atoms with Crippen LogP contribution < -0.4 is 4.90 Å². The topological polar surface area (TPSA) is 48.0 Å². The first-order valence-corrected chi connectivity index (χ1v) is 13.5. The second kappa shape index (κ2) is 7.03. The number of hydrogen-bond acceptors (Lipinski definition) is 4. The van der Waals surface area contributed by atoms with Gasteiger partial charge in [0.25, 0.3) is 0 Å². The molecule has 7 heteroatoms. The molecule has 3 rings (SSSR count). The van der Waals surface area contributed by atoms with Crippen LogP contribution in [0.4, 0.5) is 5.69 Å². The fourth-order valence-electron chi connectivity index (χ4n) is 3.37. The van der Waals surface area contributed by atoms with Gasteiger partial charge in [-0.2, -0.15) is 0 Å². The summed E-state index contributed by atoms with van der Waals surface area (Å²) in [5.41, 5.74) is 0.924. The summed E-state index contributed by atoms with van der Waals surface area (Å²) in [7, 11) is -1.75. The highest BCUT2D eigenvalue weighted by atomic mass is 28.3. The number of nitrogens with zero attached hydrogens (tertiary/aromatic N) is 1. The van der Waals surface area contributed by atoms with E-state index in [1.165, 1.54) is 0 Å². The van der Waals surface area contributed by atoms with E-state index in [9.17, 15) is 4.79 Å². The molecule has 148 valence electrons. The number of fused-ring (bicyclic) bond motifs is 1. The highest BCUT2D eigenvalue weighted by molar-refractivity contribution is 6.76. The largest absolute Gasteiger partial charge is 0.475 e. The average molecular weight is 389 g/mol. The van der Waals surface area contributed by atoms with Gasteiger partial charge in [-0.25, -0.2) is 0 Å². The normalized spacial score (nSPS) is 23.8. The summed E-state index contributed by atoms with van der Waals surface area (Å²) in [6, 6.07) is 8.95. The predicted molar refractivity (Wildman–Crippen MR) is 112 cm³/mol. The van der Waals surface area contributed by atoms with Gasteiger partial charge in [0.1, 0.15) is 12.5 Å².